The van der Waals surface area contributed by atoms with Crippen LogP contribution in [0.5, 0.6) is 28.7 Å². The van der Waals surface area contributed by atoms with E-state index in [1.165, 1.54) is 31.2 Å². The van der Waals surface area contributed by atoms with Crippen molar-refractivity contribution in [2.75, 3.05) is 6.61 Å². The van der Waals surface area contributed by atoms with E-state index in [2.05, 4.69) is 0 Å². The zero-order chi connectivity index (χ0) is 31.3. The van der Waals surface area contributed by atoms with Crippen LogP contribution in [0.15, 0.2) is 39.5 Å². The summed E-state index contributed by atoms with van der Waals surface area (Å²) in [6.45, 7) is 0.566. The maximum atomic E-state index is 12.9. The minimum atomic E-state index is -1.88. The largest absolute Gasteiger partial charge is 0.508 e. The molecular weight excluding hydrogens is 580 g/mol. The highest BCUT2D eigenvalue weighted by molar-refractivity contribution is 5.93. The number of aliphatic hydroxyl groups is 6. The molecule has 10 N–H and O–H groups in total. The van der Waals surface area contributed by atoms with E-state index in [-0.39, 0.29) is 11.3 Å². The summed E-state index contributed by atoms with van der Waals surface area (Å²) < 4.78 is 27.8. The SMILES string of the molecule is C[C@@H]1O[C@@H](O[C@H]2[C@H](Oc3cc(O)c4c(=O)c(O)c(-c5ccc(O)cc5)oc4c3O)O[C@H](CO)[C@@H](O)[C@@H]2O)[C@H](O)[C@H](O)[C@H]1O. The summed E-state index contributed by atoms with van der Waals surface area (Å²) in [4.78, 5) is 12.9. The summed E-state index contributed by atoms with van der Waals surface area (Å²) in [7, 11) is 0. The van der Waals surface area contributed by atoms with E-state index < -0.39 is 113 Å². The van der Waals surface area contributed by atoms with Gasteiger partial charge in [0.15, 0.2) is 29.5 Å². The van der Waals surface area contributed by atoms with E-state index in [1.54, 1.807) is 0 Å². The lowest BCUT2D eigenvalue weighted by atomic mass is 9.97. The molecule has 0 spiro atoms. The third-order valence-corrected chi connectivity index (χ3v) is 7.36. The van der Waals surface area contributed by atoms with Gasteiger partial charge >= 0.3 is 0 Å². The Hall–Kier alpha value is -3.71. The Morgan fingerprint density at radius 2 is 1.49 bits per heavy atom. The number of aliphatic hydroxyl groups excluding tert-OH is 6. The van der Waals surface area contributed by atoms with Gasteiger partial charge in [-0.1, -0.05) is 0 Å². The average molecular weight is 611 g/mol. The third-order valence-electron chi connectivity index (χ3n) is 7.36. The van der Waals surface area contributed by atoms with Crippen LogP contribution >= 0.6 is 0 Å². The summed E-state index contributed by atoms with van der Waals surface area (Å²) in [5.74, 6) is -3.74. The molecule has 0 saturated carbocycles. The van der Waals surface area contributed by atoms with Crippen molar-refractivity contribution in [2.45, 2.75) is 68.3 Å². The molecule has 0 bridgehead atoms. The fraction of sp³-hybridized carbons (Fsp3) is 0.444. The first-order chi connectivity index (χ1) is 20.3. The van der Waals surface area contributed by atoms with Crippen molar-refractivity contribution < 1.29 is 74.4 Å². The molecule has 2 saturated heterocycles. The minimum absolute atomic E-state index is 0.119. The molecule has 0 unspecified atom stereocenters. The molecule has 0 radical (unpaired) electrons. The fourth-order valence-electron chi connectivity index (χ4n) is 4.90. The Morgan fingerprint density at radius 3 is 2.14 bits per heavy atom. The van der Waals surface area contributed by atoms with E-state index in [0.717, 1.165) is 6.07 Å². The van der Waals surface area contributed by atoms with Gasteiger partial charge in [0.25, 0.3) is 0 Å². The van der Waals surface area contributed by atoms with Crippen LogP contribution in [-0.2, 0) is 14.2 Å². The van der Waals surface area contributed by atoms with Gasteiger partial charge in [0.1, 0.15) is 53.5 Å². The summed E-state index contributed by atoms with van der Waals surface area (Å²) in [5.41, 5.74) is -1.62. The van der Waals surface area contributed by atoms with Crippen LogP contribution in [0.25, 0.3) is 22.3 Å². The highest BCUT2D eigenvalue weighted by Gasteiger charge is 2.51. The van der Waals surface area contributed by atoms with Gasteiger partial charge in [0.05, 0.1) is 12.7 Å². The minimum Gasteiger partial charge on any atom is -0.508 e. The summed E-state index contributed by atoms with van der Waals surface area (Å²) >= 11 is 0. The molecule has 0 amide bonds. The second-order valence-electron chi connectivity index (χ2n) is 10.2. The van der Waals surface area contributed by atoms with Crippen LogP contribution in [0, 0.1) is 0 Å². The molecule has 0 aliphatic carbocycles. The van der Waals surface area contributed by atoms with Crippen LogP contribution in [0.1, 0.15) is 6.92 Å². The number of fused-ring (bicyclic) bond motifs is 1. The quantitative estimate of drug-likeness (QED) is 0.140. The van der Waals surface area contributed by atoms with Crippen molar-refractivity contribution in [2.24, 2.45) is 0 Å². The van der Waals surface area contributed by atoms with Gasteiger partial charge in [-0.25, -0.2) is 0 Å². The maximum absolute atomic E-state index is 12.9. The highest BCUT2D eigenvalue weighted by atomic mass is 16.8. The Bertz CT molecular complexity index is 1520. The number of phenols is 3. The lowest BCUT2D eigenvalue weighted by Crippen LogP contribution is -2.64. The number of ether oxygens (including phenoxy) is 4. The van der Waals surface area contributed by atoms with Crippen molar-refractivity contribution in [1.82, 2.24) is 0 Å². The molecule has 2 fully saturated rings. The number of phenolic OH excluding ortho intramolecular Hbond substituents is 3. The van der Waals surface area contributed by atoms with Crippen molar-refractivity contribution in [3.8, 4) is 40.1 Å². The van der Waals surface area contributed by atoms with Gasteiger partial charge in [0, 0.05) is 11.6 Å². The Balaban J connectivity index is 1.54. The van der Waals surface area contributed by atoms with Gasteiger partial charge in [0.2, 0.25) is 23.2 Å². The third kappa shape index (κ3) is 5.44. The van der Waals surface area contributed by atoms with Gasteiger partial charge in [-0.15, -0.1) is 0 Å². The summed E-state index contributed by atoms with van der Waals surface area (Å²) in [5, 5.41) is 103. The first kappa shape index (κ1) is 30.7. The summed E-state index contributed by atoms with van der Waals surface area (Å²) in [6.07, 6.45) is -16.4. The lowest BCUT2D eigenvalue weighted by molar-refractivity contribution is -0.354. The van der Waals surface area contributed by atoms with Crippen LogP contribution in [-0.4, -0.2) is 119 Å². The van der Waals surface area contributed by atoms with E-state index in [1.807, 2.05) is 0 Å². The number of hydrogen-bond acceptors (Lipinski definition) is 16. The molecular formula is C27H30O16. The molecule has 3 heterocycles. The van der Waals surface area contributed by atoms with E-state index in [0.29, 0.717) is 0 Å². The van der Waals surface area contributed by atoms with Gasteiger partial charge in [-0.2, -0.15) is 0 Å². The van der Waals surface area contributed by atoms with E-state index in [4.69, 9.17) is 23.4 Å². The molecule has 10 atom stereocenters. The second-order valence-corrected chi connectivity index (χ2v) is 10.2. The summed E-state index contributed by atoms with van der Waals surface area (Å²) in [6, 6.07) is 5.90. The van der Waals surface area contributed by atoms with Crippen molar-refractivity contribution in [3.63, 3.8) is 0 Å². The predicted molar refractivity (Wildman–Crippen MR) is 140 cm³/mol. The first-order valence-electron chi connectivity index (χ1n) is 13.0. The fourth-order valence-corrected chi connectivity index (χ4v) is 4.90. The Labute approximate surface area is 241 Å². The smallest absolute Gasteiger partial charge is 0.238 e. The van der Waals surface area contributed by atoms with Crippen LogP contribution in [0.3, 0.4) is 0 Å². The zero-order valence-corrected chi connectivity index (χ0v) is 22.3. The topological polar surface area (TPSA) is 269 Å². The van der Waals surface area contributed by atoms with Crippen LogP contribution in [0.2, 0.25) is 0 Å². The lowest BCUT2D eigenvalue weighted by Gasteiger charge is -2.45. The highest BCUT2D eigenvalue weighted by Crippen LogP contribution is 2.44. The zero-order valence-electron chi connectivity index (χ0n) is 22.3. The number of hydrogen-bond donors (Lipinski definition) is 10. The molecule has 3 aromatic rings. The molecule has 16 heteroatoms. The molecule has 16 nitrogen and oxygen atoms in total. The molecule has 5 rings (SSSR count). The molecule has 2 aliphatic rings. The maximum Gasteiger partial charge on any atom is 0.238 e. The second kappa shape index (κ2) is 11.8. The normalized spacial score (nSPS) is 33.0. The first-order valence-corrected chi connectivity index (χ1v) is 13.0. The standard InChI is InChI=1S/C27H30O16/c1-8-15(31)19(35)22(38)26(39-8)43-25-20(36)16(32)13(7-28)41-27(25)40-12-6-11(30)14-18(34)21(37)23(42-24(14)17(12)33)9-2-4-10(29)5-3-9/h2-6,8,13,15-16,19-20,22,25-33,35-38H,7H2,1H3/t8-,13+,15-,16+,19+,20-,22+,25+,26-,27+/m0/s1. The number of benzene rings is 2. The van der Waals surface area contributed by atoms with Crippen molar-refractivity contribution in [3.05, 3.63) is 40.6 Å². The van der Waals surface area contributed by atoms with Crippen molar-refractivity contribution >= 4 is 11.0 Å². The molecule has 2 aliphatic heterocycles. The molecule has 234 valence electrons. The van der Waals surface area contributed by atoms with Gasteiger partial charge < -0.3 is 74.4 Å². The monoisotopic (exact) mass is 610 g/mol. The van der Waals surface area contributed by atoms with Gasteiger partial charge in [-0.3, -0.25) is 4.79 Å². The van der Waals surface area contributed by atoms with Crippen molar-refractivity contribution in [1.29, 1.82) is 0 Å². The molecule has 43 heavy (non-hydrogen) atoms. The Kier molecular flexibility index (Phi) is 8.41. The van der Waals surface area contributed by atoms with Crippen LogP contribution < -0.4 is 10.2 Å². The predicted octanol–water partition coefficient (Wildman–Crippen LogP) is -1.69. The molecule has 2 aromatic carbocycles. The number of aromatic hydroxyl groups is 4. The molecule has 1 aromatic heterocycles. The number of rotatable bonds is 6. The van der Waals surface area contributed by atoms with E-state index >= 15 is 0 Å². The van der Waals surface area contributed by atoms with Crippen LogP contribution in [0.4, 0.5) is 0 Å². The van der Waals surface area contributed by atoms with E-state index in [9.17, 15) is 55.9 Å². The average Bonchev–Trinajstić information content (AvgIpc) is 2.98. The van der Waals surface area contributed by atoms with Gasteiger partial charge in [-0.05, 0) is 31.2 Å². The Morgan fingerprint density at radius 1 is 0.814 bits per heavy atom.